The molecule has 0 saturated carbocycles. The summed E-state index contributed by atoms with van der Waals surface area (Å²) in [5.41, 5.74) is 0. The van der Waals surface area contributed by atoms with Crippen LogP contribution in [0.3, 0.4) is 0 Å². The van der Waals surface area contributed by atoms with Crippen LogP contribution in [0.25, 0.3) is 0 Å². The predicted molar refractivity (Wildman–Crippen MR) is 85.8 cm³/mol. The van der Waals surface area contributed by atoms with E-state index in [0.29, 0.717) is 6.04 Å². The van der Waals surface area contributed by atoms with Crippen LogP contribution in [0.5, 0.6) is 5.75 Å². The zero-order valence-corrected chi connectivity index (χ0v) is 13.3. The molecule has 1 N–H and O–H groups in total. The zero-order chi connectivity index (χ0) is 14.5. The van der Waals surface area contributed by atoms with Gasteiger partial charge in [-0.1, -0.05) is 0 Å². The van der Waals surface area contributed by atoms with E-state index in [1.165, 1.54) is 9.75 Å². The third-order valence-corrected chi connectivity index (χ3v) is 3.84. The number of nitrogens with zero attached hydrogens (tertiary/aromatic N) is 1. The molecule has 2 aromatic rings. The van der Waals surface area contributed by atoms with Crippen LogP contribution in [-0.2, 0) is 6.42 Å². The van der Waals surface area contributed by atoms with E-state index >= 15 is 0 Å². The monoisotopic (exact) mass is 290 g/mol. The molecular weight excluding hydrogens is 268 g/mol. The average Bonchev–Trinajstić information content (AvgIpc) is 2.76. The molecule has 2 heterocycles. The van der Waals surface area contributed by atoms with Crippen molar-refractivity contribution in [2.24, 2.45) is 0 Å². The molecule has 1 unspecified atom stereocenters. The molecule has 4 heteroatoms. The van der Waals surface area contributed by atoms with Gasteiger partial charge in [-0.05, 0) is 52.0 Å². The number of hydrogen-bond donors (Lipinski definition) is 1. The lowest BCUT2D eigenvalue weighted by atomic mass is 10.2. The molecule has 0 spiro atoms. The first kappa shape index (κ1) is 14.9. The summed E-state index contributed by atoms with van der Waals surface area (Å²) in [4.78, 5) is 7.13. The highest BCUT2D eigenvalue weighted by Gasteiger charge is 2.11. The van der Waals surface area contributed by atoms with Gasteiger partial charge in [0, 0.05) is 28.4 Å². The minimum absolute atomic E-state index is 0.148. The van der Waals surface area contributed by atoms with E-state index in [-0.39, 0.29) is 6.10 Å². The van der Waals surface area contributed by atoms with Crippen LogP contribution in [0, 0.1) is 6.92 Å². The quantitative estimate of drug-likeness (QED) is 0.862. The molecule has 0 aliphatic heterocycles. The van der Waals surface area contributed by atoms with Crippen molar-refractivity contribution in [3.8, 4) is 5.75 Å². The van der Waals surface area contributed by atoms with Crippen LogP contribution in [0.1, 0.15) is 30.5 Å². The summed E-state index contributed by atoms with van der Waals surface area (Å²) in [6, 6.07) is 8.54. The molecule has 2 rings (SSSR count). The second kappa shape index (κ2) is 6.75. The maximum absolute atomic E-state index is 5.78. The van der Waals surface area contributed by atoms with Crippen molar-refractivity contribution in [2.45, 2.75) is 46.3 Å². The van der Waals surface area contributed by atoms with Gasteiger partial charge in [-0.2, -0.15) is 0 Å². The van der Waals surface area contributed by atoms with Crippen molar-refractivity contribution < 1.29 is 4.74 Å². The summed E-state index contributed by atoms with van der Waals surface area (Å²) in [7, 11) is 0. The van der Waals surface area contributed by atoms with Gasteiger partial charge >= 0.3 is 0 Å². The third-order valence-electron chi connectivity index (χ3n) is 2.82. The van der Waals surface area contributed by atoms with Gasteiger partial charge in [0.1, 0.15) is 0 Å². The van der Waals surface area contributed by atoms with Gasteiger partial charge in [0.15, 0.2) is 11.6 Å². The van der Waals surface area contributed by atoms with Crippen molar-refractivity contribution in [1.29, 1.82) is 0 Å². The van der Waals surface area contributed by atoms with Gasteiger partial charge in [0.05, 0.1) is 6.10 Å². The molecule has 0 aliphatic carbocycles. The third kappa shape index (κ3) is 4.23. The number of nitrogens with one attached hydrogen (secondary N) is 1. The largest absolute Gasteiger partial charge is 0.487 e. The minimum Gasteiger partial charge on any atom is -0.487 e. The normalized spacial score (nSPS) is 12.4. The first-order valence-electron chi connectivity index (χ1n) is 6.98. The van der Waals surface area contributed by atoms with Crippen LogP contribution in [0.4, 0.5) is 5.82 Å². The topological polar surface area (TPSA) is 34.2 Å². The molecule has 0 amide bonds. The Kier molecular flexibility index (Phi) is 5.01. The van der Waals surface area contributed by atoms with Gasteiger partial charge in [0.25, 0.3) is 0 Å². The molecule has 0 aromatic carbocycles. The number of aromatic nitrogens is 1. The Balaban J connectivity index is 2.01. The van der Waals surface area contributed by atoms with Gasteiger partial charge < -0.3 is 10.1 Å². The SMILES string of the molecule is Cc1ccc(CC(C)Nc2ncccc2OC(C)C)s1. The predicted octanol–water partition coefficient (Wildman–Crippen LogP) is 4.28. The summed E-state index contributed by atoms with van der Waals surface area (Å²) in [5, 5.41) is 3.44. The van der Waals surface area contributed by atoms with E-state index in [9.17, 15) is 0 Å². The summed E-state index contributed by atoms with van der Waals surface area (Å²) in [5.74, 6) is 1.64. The number of aryl methyl sites for hydroxylation is 1. The second-order valence-electron chi connectivity index (χ2n) is 5.28. The Morgan fingerprint density at radius 1 is 1.25 bits per heavy atom. The van der Waals surface area contributed by atoms with E-state index in [2.05, 4.69) is 36.3 Å². The summed E-state index contributed by atoms with van der Waals surface area (Å²) in [6.07, 6.45) is 2.93. The molecule has 2 aromatic heterocycles. The number of thiophene rings is 1. The average molecular weight is 290 g/mol. The fraction of sp³-hybridized carbons (Fsp3) is 0.438. The van der Waals surface area contributed by atoms with E-state index in [1.54, 1.807) is 6.20 Å². The first-order chi connectivity index (χ1) is 9.54. The van der Waals surface area contributed by atoms with Gasteiger partial charge in [-0.25, -0.2) is 4.98 Å². The van der Waals surface area contributed by atoms with Crippen molar-refractivity contribution in [2.75, 3.05) is 5.32 Å². The van der Waals surface area contributed by atoms with Crippen molar-refractivity contribution in [3.05, 3.63) is 40.2 Å². The minimum atomic E-state index is 0.148. The van der Waals surface area contributed by atoms with E-state index in [0.717, 1.165) is 18.0 Å². The molecule has 0 fully saturated rings. The van der Waals surface area contributed by atoms with Crippen molar-refractivity contribution in [3.63, 3.8) is 0 Å². The highest BCUT2D eigenvalue weighted by atomic mass is 32.1. The molecule has 3 nitrogen and oxygen atoms in total. The molecule has 20 heavy (non-hydrogen) atoms. The summed E-state index contributed by atoms with van der Waals surface area (Å²) in [6.45, 7) is 8.35. The van der Waals surface area contributed by atoms with Crippen LogP contribution in [0.2, 0.25) is 0 Å². The molecule has 0 bridgehead atoms. The lowest BCUT2D eigenvalue weighted by Gasteiger charge is -2.18. The Labute approximate surface area is 125 Å². The van der Waals surface area contributed by atoms with Crippen LogP contribution in [-0.4, -0.2) is 17.1 Å². The Morgan fingerprint density at radius 3 is 2.70 bits per heavy atom. The van der Waals surface area contributed by atoms with Gasteiger partial charge in [-0.3, -0.25) is 0 Å². The first-order valence-corrected chi connectivity index (χ1v) is 7.79. The fourth-order valence-electron chi connectivity index (χ4n) is 2.03. The standard InChI is InChI=1S/C16H22N2OS/c1-11(2)19-15-6-5-9-17-16(15)18-12(3)10-14-8-7-13(4)20-14/h5-9,11-12H,10H2,1-4H3,(H,17,18). The second-order valence-corrected chi connectivity index (χ2v) is 6.65. The molecule has 1 atom stereocenters. The highest BCUT2D eigenvalue weighted by molar-refractivity contribution is 7.11. The maximum Gasteiger partial charge on any atom is 0.168 e. The molecule has 0 radical (unpaired) electrons. The maximum atomic E-state index is 5.78. The summed E-state index contributed by atoms with van der Waals surface area (Å²) >= 11 is 1.85. The molecule has 0 aliphatic rings. The number of hydrogen-bond acceptors (Lipinski definition) is 4. The van der Waals surface area contributed by atoms with Crippen molar-refractivity contribution >= 4 is 17.2 Å². The molecular formula is C16H22N2OS. The van der Waals surface area contributed by atoms with E-state index in [4.69, 9.17) is 4.74 Å². The lowest BCUT2D eigenvalue weighted by molar-refractivity contribution is 0.242. The van der Waals surface area contributed by atoms with Crippen LogP contribution in [0.15, 0.2) is 30.5 Å². The zero-order valence-electron chi connectivity index (χ0n) is 12.5. The van der Waals surface area contributed by atoms with Crippen molar-refractivity contribution in [1.82, 2.24) is 4.98 Å². The fourth-order valence-corrected chi connectivity index (χ4v) is 3.05. The van der Waals surface area contributed by atoms with E-state index < -0.39 is 0 Å². The van der Waals surface area contributed by atoms with Gasteiger partial charge in [0.2, 0.25) is 0 Å². The van der Waals surface area contributed by atoms with Crippen LogP contribution < -0.4 is 10.1 Å². The Morgan fingerprint density at radius 2 is 2.05 bits per heavy atom. The number of ether oxygens (including phenoxy) is 1. The molecule has 108 valence electrons. The summed E-state index contributed by atoms with van der Waals surface area (Å²) < 4.78 is 5.78. The molecule has 0 saturated heterocycles. The smallest absolute Gasteiger partial charge is 0.168 e. The number of anilines is 1. The Hall–Kier alpha value is -1.55. The lowest BCUT2D eigenvalue weighted by Crippen LogP contribution is -2.19. The highest BCUT2D eigenvalue weighted by Crippen LogP contribution is 2.24. The van der Waals surface area contributed by atoms with Gasteiger partial charge in [-0.15, -0.1) is 11.3 Å². The van der Waals surface area contributed by atoms with E-state index in [1.807, 2.05) is 37.3 Å². The Bertz CT molecular complexity index is 551. The van der Waals surface area contributed by atoms with Crippen LogP contribution >= 0.6 is 11.3 Å². The number of rotatable bonds is 6. The number of pyridine rings is 1.